The summed E-state index contributed by atoms with van der Waals surface area (Å²) in [6.45, 7) is 4.61. The van der Waals surface area contributed by atoms with E-state index in [1.165, 1.54) is 0 Å². The first-order valence-corrected chi connectivity index (χ1v) is 9.21. The van der Waals surface area contributed by atoms with Gasteiger partial charge in [-0.1, -0.05) is 49.1 Å². The molecule has 0 aliphatic heterocycles. The molecular weight excluding hydrogens is 362 g/mol. The predicted octanol–water partition coefficient (Wildman–Crippen LogP) is 6.18. The fourth-order valence-electron chi connectivity index (χ4n) is 2.56. The Bertz CT molecular complexity index is 976. The lowest BCUT2D eigenvalue weighted by molar-refractivity contribution is 0.305. The SMILES string of the molecule is C=C(/C=C\C=C\OC)c1cccnc1Oc1ccc(OCc2ccccc2)cc1. The van der Waals surface area contributed by atoms with Crippen molar-refractivity contribution in [2.75, 3.05) is 7.11 Å². The Labute approximate surface area is 171 Å². The zero-order valence-corrected chi connectivity index (χ0v) is 16.3. The molecule has 29 heavy (non-hydrogen) atoms. The number of allylic oxidation sites excluding steroid dienone is 4. The van der Waals surface area contributed by atoms with Gasteiger partial charge in [0.2, 0.25) is 5.88 Å². The van der Waals surface area contributed by atoms with Gasteiger partial charge in [0.05, 0.1) is 13.4 Å². The molecule has 0 aliphatic rings. The molecule has 4 heteroatoms. The van der Waals surface area contributed by atoms with Crippen LogP contribution in [0.25, 0.3) is 5.57 Å². The highest BCUT2D eigenvalue weighted by Crippen LogP contribution is 2.29. The third-order valence-corrected chi connectivity index (χ3v) is 4.03. The number of methoxy groups -OCH3 is 1. The van der Waals surface area contributed by atoms with Gasteiger partial charge in [-0.3, -0.25) is 0 Å². The predicted molar refractivity (Wildman–Crippen MR) is 116 cm³/mol. The summed E-state index contributed by atoms with van der Waals surface area (Å²) in [6, 6.07) is 21.3. The van der Waals surface area contributed by atoms with E-state index in [1.54, 1.807) is 25.6 Å². The Morgan fingerprint density at radius 3 is 2.45 bits per heavy atom. The van der Waals surface area contributed by atoms with Gasteiger partial charge in [-0.2, -0.15) is 0 Å². The topological polar surface area (TPSA) is 40.6 Å². The van der Waals surface area contributed by atoms with Crippen LogP contribution in [0.4, 0.5) is 0 Å². The van der Waals surface area contributed by atoms with Crippen LogP contribution in [0.15, 0.2) is 104 Å². The number of rotatable bonds is 9. The molecule has 0 saturated heterocycles. The molecule has 0 fully saturated rings. The molecule has 3 rings (SSSR count). The number of aromatic nitrogens is 1. The molecule has 0 amide bonds. The molecule has 0 spiro atoms. The first-order valence-electron chi connectivity index (χ1n) is 9.21. The standard InChI is InChI=1S/C25H23NO3/c1-20(9-6-7-18-27-2)24-12-8-17-26-25(24)29-23-15-13-22(14-16-23)28-19-21-10-4-3-5-11-21/h3-18H,1,19H2,2H3/b9-6-,18-7+. The lowest BCUT2D eigenvalue weighted by atomic mass is 10.1. The van der Waals surface area contributed by atoms with Crippen LogP contribution in [-0.4, -0.2) is 12.1 Å². The zero-order chi connectivity index (χ0) is 20.3. The average molecular weight is 385 g/mol. The van der Waals surface area contributed by atoms with Crippen LogP contribution >= 0.6 is 0 Å². The van der Waals surface area contributed by atoms with Gasteiger partial charge < -0.3 is 14.2 Å². The second kappa shape index (κ2) is 10.5. The lowest BCUT2D eigenvalue weighted by Gasteiger charge is -2.11. The van der Waals surface area contributed by atoms with Gasteiger partial charge in [0.15, 0.2) is 0 Å². The van der Waals surface area contributed by atoms with Crippen molar-refractivity contribution in [3.63, 3.8) is 0 Å². The molecule has 2 aromatic carbocycles. The van der Waals surface area contributed by atoms with Gasteiger partial charge in [0, 0.05) is 11.8 Å². The van der Waals surface area contributed by atoms with Crippen LogP contribution in [-0.2, 0) is 11.3 Å². The number of nitrogens with zero attached hydrogens (tertiary/aromatic N) is 1. The third-order valence-electron chi connectivity index (χ3n) is 4.03. The second-order valence-corrected chi connectivity index (χ2v) is 6.15. The van der Waals surface area contributed by atoms with Gasteiger partial charge in [-0.15, -0.1) is 0 Å². The summed E-state index contributed by atoms with van der Waals surface area (Å²) < 4.78 is 16.7. The smallest absolute Gasteiger partial charge is 0.227 e. The fourth-order valence-corrected chi connectivity index (χ4v) is 2.56. The molecule has 0 bridgehead atoms. The molecular formula is C25H23NO3. The van der Waals surface area contributed by atoms with Crippen LogP contribution in [0, 0.1) is 0 Å². The quantitative estimate of drug-likeness (QED) is 0.326. The molecule has 0 unspecified atom stereocenters. The number of benzene rings is 2. The van der Waals surface area contributed by atoms with Gasteiger partial charge in [0.25, 0.3) is 0 Å². The average Bonchev–Trinajstić information content (AvgIpc) is 2.77. The Morgan fingerprint density at radius 1 is 0.931 bits per heavy atom. The van der Waals surface area contributed by atoms with Crippen molar-refractivity contribution in [1.82, 2.24) is 4.98 Å². The minimum absolute atomic E-state index is 0.496. The van der Waals surface area contributed by atoms with Crippen molar-refractivity contribution in [2.45, 2.75) is 6.61 Å². The van der Waals surface area contributed by atoms with Gasteiger partial charge in [-0.05, 0) is 53.6 Å². The maximum atomic E-state index is 5.97. The summed E-state index contributed by atoms with van der Waals surface area (Å²) in [5.41, 5.74) is 2.73. The summed E-state index contributed by atoms with van der Waals surface area (Å²) in [7, 11) is 1.60. The van der Waals surface area contributed by atoms with Crippen molar-refractivity contribution in [2.24, 2.45) is 0 Å². The largest absolute Gasteiger partial charge is 0.504 e. The van der Waals surface area contributed by atoms with E-state index in [4.69, 9.17) is 14.2 Å². The first kappa shape index (κ1) is 20.0. The maximum Gasteiger partial charge on any atom is 0.227 e. The molecule has 146 valence electrons. The molecule has 0 radical (unpaired) electrons. The van der Waals surface area contributed by atoms with Crippen LogP contribution < -0.4 is 9.47 Å². The number of hydrogen-bond acceptors (Lipinski definition) is 4. The zero-order valence-electron chi connectivity index (χ0n) is 16.3. The highest BCUT2D eigenvalue weighted by molar-refractivity contribution is 5.75. The minimum atomic E-state index is 0.496. The van der Waals surface area contributed by atoms with Crippen molar-refractivity contribution in [3.05, 3.63) is 115 Å². The van der Waals surface area contributed by atoms with Gasteiger partial charge in [-0.25, -0.2) is 4.98 Å². The van der Waals surface area contributed by atoms with E-state index in [2.05, 4.69) is 11.6 Å². The van der Waals surface area contributed by atoms with Crippen molar-refractivity contribution < 1.29 is 14.2 Å². The van der Waals surface area contributed by atoms with Crippen LogP contribution in [0.5, 0.6) is 17.4 Å². The third kappa shape index (κ3) is 6.11. The van der Waals surface area contributed by atoms with E-state index in [-0.39, 0.29) is 0 Å². The summed E-state index contributed by atoms with van der Waals surface area (Å²) >= 11 is 0. The Kier molecular flexibility index (Phi) is 7.24. The molecule has 4 nitrogen and oxygen atoms in total. The normalized spacial score (nSPS) is 10.9. The minimum Gasteiger partial charge on any atom is -0.504 e. The molecule has 0 aliphatic carbocycles. The van der Waals surface area contributed by atoms with Crippen LogP contribution in [0.3, 0.4) is 0 Å². The summed E-state index contributed by atoms with van der Waals surface area (Å²) in [6.07, 6.45) is 8.79. The van der Waals surface area contributed by atoms with Gasteiger partial charge >= 0.3 is 0 Å². The van der Waals surface area contributed by atoms with Gasteiger partial charge in [0.1, 0.15) is 18.1 Å². The summed E-state index contributed by atoms with van der Waals surface area (Å²) in [4.78, 5) is 4.35. The molecule has 3 aromatic rings. The van der Waals surface area contributed by atoms with E-state index in [0.717, 1.165) is 22.4 Å². The van der Waals surface area contributed by atoms with Crippen molar-refractivity contribution >= 4 is 5.57 Å². The number of ether oxygens (including phenoxy) is 3. The van der Waals surface area contributed by atoms with E-state index in [0.29, 0.717) is 18.2 Å². The first-order chi connectivity index (χ1) is 14.3. The Hall–Kier alpha value is -3.79. The molecule has 1 heterocycles. The number of hydrogen-bond donors (Lipinski definition) is 0. The molecule has 0 N–H and O–H groups in total. The Balaban J connectivity index is 1.65. The van der Waals surface area contributed by atoms with E-state index < -0.39 is 0 Å². The molecule has 0 saturated carbocycles. The lowest BCUT2D eigenvalue weighted by Crippen LogP contribution is -1.95. The summed E-state index contributed by atoms with van der Waals surface area (Å²) in [5, 5.41) is 0. The maximum absolute atomic E-state index is 5.97. The monoisotopic (exact) mass is 385 g/mol. The van der Waals surface area contributed by atoms with E-state index >= 15 is 0 Å². The van der Waals surface area contributed by atoms with Crippen LogP contribution in [0.1, 0.15) is 11.1 Å². The Morgan fingerprint density at radius 2 is 1.69 bits per heavy atom. The highest BCUT2D eigenvalue weighted by atomic mass is 16.5. The fraction of sp³-hybridized carbons (Fsp3) is 0.0800. The second-order valence-electron chi connectivity index (χ2n) is 6.15. The molecule has 0 atom stereocenters. The van der Waals surface area contributed by atoms with E-state index in [1.807, 2.05) is 78.9 Å². The van der Waals surface area contributed by atoms with Crippen molar-refractivity contribution in [3.8, 4) is 17.4 Å². The van der Waals surface area contributed by atoms with Crippen LogP contribution in [0.2, 0.25) is 0 Å². The number of pyridine rings is 1. The van der Waals surface area contributed by atoms with E-state index in [9.17, 15) is 0 Å². The molecule has 1 aromatic heterocycles. The highest BCUT2D eigenvalue weighted by Gasteiger charge is 2.08. The van der Waals surface area contributed by atoms with Crippen molar-refractivity contribution in [1.29, 1.82) is 0 Å². The summed E-state index contributed by atoms with van der Waals surface area (Å²) in [5.74, 6) is 1.95.